The monoisotopic (exact) mass is 392 g/mol. The van der Waals surface area contributed by atoms with Crippen LogP contribution in [0.4, 0.5) is 11.5 Å². The van der Waals surface area contributed by atoms with Crippen molar-refractivity contribution >= 4 is 23.3 Å². The van der Waals surface area contributed by atoms with Crippen molar-refractivity contribution in [1.29, 1.82) is 5.26 Å². The maximum atomic E-state index is 9.85. The second kappa shape index (κ2) is 8.63. The summed E-state index contributed by atoms with van der Waals surface area (Å²) in [6.45, 7) is 2.02. The van der Waals surface area contributed by atoms with Crippen molar-refractivity contribution in [3.63, 3.8) is 0 Å². The summed E-state index contributed by atoms with van der Waals surface area (Å²) in [5.41, 5.74) is 3.61. The lowest BCUT2D eigenvalue weighted by Gasteiger charge is -2.15. The molecule has 1 aromatic heterocycles. The molecule has 0 aliphatic carbocycles. The highest BCUT2D eigenvalue weighted by Crippen LogP contribution is 2.35. The Kier molecular flexibility index (Phi) is 6.02. The minimum atomic E-state index is 0.367. The van der Waals surface area contributed by atoms with Crippen LogP contribution in [0.5, 0.6) is 11.5 Å². The maximum absolute atomic E-state index is 9.85. The number of thioether (sulfide) groups is 1. The standard InChI is InChI=1S/C21H20N4O2S/c1-13-5-7-14(8-6-13)19-16(12-22)20(25-21(24-19)28-4)23-17-11-15(26-2)9-10-18(17)27-3/h5-11H,1-4H3,(H,23,24,25). The van der Waals surface area contributed by atoms with Gasteiger partial charge in [-0.25, -0.2) is 9.97 Å². The Bertz CT molecular complexity index is 1030. The zero-order chi connectivity index (χ0) is 20.1. The summed E-state index contributed by atoms with van der Waals surface area (Å²) in [5, 5.41) is 13.6. The fourth-order valence-corrected chi connectivity index (χ4v) is 3.05. The molecule has 0 amide bonds. The highest BCUT2D eigenvalue weighted by molar-refractivity contribution is 7.98. The Morgan fingerprint density at radius 3 is 2.39 bits per heavy atom. The number of benzene rings is 2. The molecular formula is C21H20N4O2S. The zero-order valence-electron chi connectivity index (χ0n) is 16.1. The summed E-state index contributed by atoms with van der Waals surface area (Å²) in [4.78, 5) is 9.09. The summed E-state index contributed by atoms with van der Waals surface area (Å²) in [5.74, 6) is 1.70. The van der Waals surface area contributed by atoms with E-state index in [-0.39, 0.29) is 0 Å². The Hall–Kier alpha value is -3.24. The van der Waals surface area contributed by atoms with Gasteiger partial charge in [0.05, 0.1) is 25.6 Å². The number of hydrogen-bond acceptors (Lipinski definition) is 7. The third kappa shape index (κ3) is 4.02. The smallest absolute Gasteiger partial charge is 0.189 e. The van der Waals surface area contributed by atoms with Crippen molar-refractivity contribution in [2.45, 2.75) is 12.1 Å². The molecule has 0 unspecified atom stereocenters. The molecule has 0 aliphatic rings. The van der Waals surface area contributed by atoms with Crippen LogP contribution >= 0.6 is 11.8 Å². The summed E-state index contributed by atoms with van der Waals surface area (Å²) in [7, 11) is 3.18. The molecule has 7 heteroatoms. The molecule has 0 saturated heterocycles. The van der Waals surface area contributed by atoms with Crippen LogP contribution in [0.1, 0.15) is 11.1 Å². The molecule has 1 N–H and O–H groups in total. The molecule has 3 aromatic rings. The molecule has 0 spiro atoms. The van der Waals surface area contributed by atoms with Crippen molar-refractivity contribution in [3.8, 4) is 28.8 Å². The van der Waals surface area contributed by atoms with Crippen molar-refractivity contribution < 1.29 is 9.47 Å². The van der Waals surface area contributed by atoms with Crippen molar-refractivity contribution in [1.82, 2.24) is 9.97 Å². The van der Waals surface area contributed by atoms with E-state index in [1.807, 2.05) is 37.4 Å². The Labute approximate surface area is 168 Å². The van der Waals surface area contributed by atoms with Gasteiger partial charge in [-0.15, -0.1) is 0 Å². The Balaban J connectivity index is 2.15. The maximum Gasteiger partial charge on any atom is 0.189 e. The van der Waals surface area contributed by atoms with Crippen LogP contribution < -0.4 is 14.8 Å². The van der Waals surface area contributed by atoms with E-state index in [2.05, 4.69) is 21.4 Å². The number of hydrogen-bond donors (Lipinski definition) is 1. The van der Waals surface area contributed by atoms with Gasteiger partial charge in [-0.1, -0.05) is 41.6 Å². The summed E-state index contributed by atoms with van der Waals surface area (Å²) in [6.07, 6.45) is 1.90. The molecular weight excluding hydrogens is 372 g/mol. The van der Waals surface area contributed by atoms with Crippen LogP contribution in [0.2, 0.25) is 0 Å². The van der Waals surface area contributed by atoms with Gasteiger partial charge in [0.2, 0.25) is 0 Å². The first kappa shape index (κ1) is 19.5. The number of methoxy groups -OCH3 is 2. The second-order valence-electron chi connectivity index (χ2n) is 5.95. The molecule has 0 fully saturated rings. The lowest BCUT2D eigenvalue weighted by atomic mass is 10.1. The first-order valence-corrected chi connectivity index (χ1v) is 9.74. The molecule has 6 nitrogen and oxygen atoms in total. The van der Waals surface area contributed by atoms with Crippen LogP contribution in [-0.4, -0.2) is 30.4 Å². The van der Waals surface area contributed by atoms with Gasteiger partial charge in [-0.05, 0) is 25.3 Å². The number of rotatable bonds is 6. The molecule has 28 heavy (non-hydrogen) atoms. The molecule has 0 atom stereocenters. The highest BCUT2D eigenvalue weighted by Gasteiger charge is 2.17. The fourth-order valence-electron chi connectivity index (χ4n) is 2.69. The molecule has 0 saturated carbocycles. The van der Waals surface area contributed by atoms with E-state index < -0.39 is 0 Å². The van der Waals surface area contributed by atoms with Crippen LogP contribution in [0.15, 0.2) is 47.6 Å². The molecule has 0 radical (unpaired) electrons. The Morgan fingerprint density at radius 2 is 1.79 bits per heavy atom. The van der Waals surface area contributed by atoms with Crippen molar-refractivity contribution in [3.05, 3.63) is 53.6 Å². The van der Waals surface area contributed by atoms with Crippen LogP contribution in [0.3, 0.4) is 0 Å². The Morgan fingerprint density at radius 1 is 1.04 bits per heavy atom. The molecule has 0 aliphatic heterocycles. The highest BCUT2D eigenvalue weighted by atomic mass is 32.2. The molecule has 2 aromatic carbocycles. The van der Waals surface area contributed by atoms with Gasteiger partial charge in [-0.2, -0.15) is 5.26 Å². The van der Waals surface area contributed by atoms with Gasteiger partial charge >= 0.3 is 0 Å². The van der Waals surface area contributed by atoms with Crippen LogP contribution in [0.25, 0.3) is 11.3 Å². The lowest BCUT2D eigenvalue weighted by Crippen LogP contribution is -2.04. The van der Waals surface area contributed by atoms with Gasteiger partial charge in [-0.3, -0.25) is 0 Å². The van der Waals surface area contributed by atoms with E-state index in [0.717, 1.165) is 11.1 Å². The summed E-state index contributed by atoms with van der Waals surface area (Å²) in [6, 6.07) is 15.6. The van der Waals surface area contributed by atoms with E-state index in [1.165, 1.54) is 11.8 Å². The zero-order valence-corrected chi connectivity index (χ0v) is 16.9. The van der Waals surface area contributed by atoms with E-state index in [0.29, 0.717) is 39.4 Å². The third-order valence-corrected chi connectivity index (χ3v) is 4.72. The topological polar surface area (TPSA) is 80.1 Å². The van der Waals surface area contributed by atoms with Gasteiger partial charge < -0.3 is 14.8 Å². The number of nitriles is 1. The number of ether oxygens (including phenoxy) is 2. The fraction of sp³-hybridized carbons (Fsp3) is 0.190. The molecule has 3 rings (SSSR count). The van der Waals surface area contributed by atoms with Crippen LogP contribution in [0, 0.1) is 18.3 Å². The van der Waals surface area contributed by atoms with E-state index >= 15 is 0 Å². The number of nitrogens with one attached hydrogen (secondary N) is 1. The average Bonchev–Trinajstić information content (AvgIpc) is 2.73. The normalized spacial score (nSPS) is 10.2. The first-order chi connectivity index (χ1) is 13.6. The van der Waals surface area contributed by atoms with E-state index in [1.54, 1.807) is 32.4 Å². The first-order valence-electron chi connectivity index (χ1n) is 8.51. The van der Waals surface area contributed by atoms with Crippen LogP contribution in [-0.2, 0) is 0 Å². The quantitative estimate of drug-likeness (QED) is 0.476. The van der Waals surface area contributed by atoms with Crippen molar-refractivity contribution in [2.75, 3.05) is 25.8 Å². The predicted octanol–water partition coefficient (Wildman–Crippen LogP) is 4.81. The van der Waals surface area contributed by atoms with E-state index in [4.69, 9.17) is 9.47 Å². The number of aromatic nitrogens is 2. The average molecular weight is 392 g/mol. The number of anilines is 2. The largest absolute Gasteiger partial charge is 0.497 e. The molecule has 1 heterocycles. The third-order valence-electron chi connectivity index (χ3n) is 4.17. The SMILES string of the molecule is COc1ccc(OC)c(Nc2nc(SC)nc(-c3ccc(C)cc3)c2C#N)c1. The minimum Gasteiger partial charge on any atom is -0.497 e. The van der Waals surface area contributed by atoms with Gasteiger partial charge in [0.15, 0.2) is 11.0 Å². The van der Waals surface area contributed by atoms with Gasteiger partial charge in [0.25, 0.3) is 0 Å². The van der Waals surface area contributed by atoms with Gasteiger partial charge in [0.1, 0.15) is 23.1 Å². The number of aryl methyl sites for hydroxylation is 1. The number of nitrogens with zero attached hydrogens (tertiary/aromatic N) is 3. The molecule has 0 bridgehead atoms. The van der Waals surface area contributed by atoms with Crippen molar-refractivity contribution in [2.24, 2.45) is 0 Å². The lowest BCUT2D eigenvalue weighted by molar-refractivity contribution is 0.405. The molecule has 142 valence electrons. The van der Waals surface area contributed by atoms with Gasteiger partial charge in [0, 0.05) is 11.6 Å². The summed E-state index contributed by atoms with van der Waals surface area (Å²) >= 11 is 1.41. The second-order valence-corrected chi connectivity index (χ2v) is 6.72. The predicted molar refractivity (Wildman–Crippen MR) is 112 cm³/mol. The van der Waals surface area contributed by atoms with E-state index in [9.17, 15) is 5.26 Å². The summed E-state index contributed by atoms with van der Waals surface area (Å²) < 4.78 is 10.7. The minimum absolute atomic E-state index is 0.367.